The summed E-state index contributed by atoms with van der Waals surface area (Å²) in [5.74, 6) is 0.817. The van der Waals surface area contributed by atoms with Crippen molar-refractivity contribution in [3.63, 3.8) is 0 Å². The van der Waals surface area contributed by atoms with Gasteiger partial charge in [0, 0.05) is 32.2 Å². The molecule has 1 fully saturated rings. The molecule has 0 aromatic carbocycles. The molecule has 2 aliphatic rings. The lowest BCUT2D eigenvalue weighted by Gasteiger charge is -2.41. The third-order valence-corrected chi connectivity index (χ3v) is 4.47. The van der Waals surface area contributed by atoms with Crippen LogP contribution >= 0.6 is 0 Å². The molecule has 0 spiro atoms. The van der Waals surface area contributed by atoms with Crippen LogP contribution < -0.4 is 0 Å². The first kappa shape index (κ1) is 12.1. The molecule has 0 saturated carbocycles. The highest BCUT2D eigenvalue weighted by Gasteiger charge is 2.27. The predicted octanol–water partition coefficient (Wildman–Crippen LogP) is 2.37. The summed E-state index contributed by atoms with van der Waals surface area (Å²) >= 11 is 0. The molecule has 2 unspecified atom stereocenters. The van der Waals surface area contributed by atoms with E-state index in [2.05, 4.69) is 36.8 Å². The molecule has 92 valence electrons. The van der Waals surface area contributed by atoms with Crippen LogP contribution in [0.15, 0.2) is 11.6 Å². The van der Waals surface area contributed by atoms with Crippen LogP contribution in [0.1, 0.15) is 33.1 Å². The maximum absolute atomic E-state index is 2.69. The Kier molecular flexibility index (Phi) is 4.04. The number of nitrogens with zero attached hydrogens (tertiary/aromatic N) is 2. The zero-order valence-corrected chi connectivity index (χ0v) is 11.1. The fourth-order valence-corrected chi connectivity index (χ4v) is 3.15. The summed E-state index contributed by atoms with van der Waals surface area (Å²) in [6.07, 6.45) is 6.55. The third-order valence-electron chi connectivity index (χ3n) is 4.47. The number of allylic oxidation sites excluding steroid dienone is 1. The van der Waals surface area contributed by atoms with Crippen molar-refractivity contribution in [3.05, 3.63) is 11.6 Å². The summed E-state index contributed by atoms with van der Waals surface area (Å²) in [6.45, 7) is 9.73. The lowest BCUT2D eigenvalue weighted by Crippen LogP contribution is -2.50. The first-order valence-electron chi connectivity index (χ1n) is 6.77. The molecular formula is C14H26N2. The molecule has 2 heteroatoms. The smallest absolute Gasteiger partial charge is 0.0133 e. The quantitative estimate of drug-likeness (QED) is 0.662. The minimum absolute atomic E-state index is 0.741. The topological polar surface area (TPSA) is 6.48 Å². The Morgan fingerprint density at radius 3 is 2.56 bits per heavy atom. The van der Waals surface area contributed by atoms with Crippen LogP contribution in [0.5, 0.6) is 0 Å². The molecule has 1 aliphatic carbocycles. The number of hydrogen-bond acceptors (Lipinski definition) is 2. The monoisotopic (exact) mass is 222 g/mol. The Morgan fingerprint density at radius 2 is 1.94 bits per heavy atom. The average Bonchev–Trinajstić information content (AvgIpc) is 2.30. The zero-order chi connectivity index (χ0) is 11.5. The molecule has 2 rings (SSSR count). The molecule has 0 bridgehead atoms. The minimum Gasteiger partial charge on any atom is -0.304 e. The molecule has 0 aromatic heterocycles. The molecule has 0 aromatic rings. The summed E-state index contributed by atoms with van der Waals surface area (Å²) in [5, 5.41) is 0. The van der Waals surface area contributed by atoms with Gasteiger partial charge < -0.3 is 4.90 Å². The summed E-state index contributed by atoms with van der Waals surface area (Å²) in [5.41, 5.74) is 1.64. The third kappa shape index (κ3) is 2.67. The van der Waals surface area contributed by atoms with Gasteiger partial charge >= 0.3 is 0 Å². The van der Waals surface area contributed by atoms with Gasteiger partial charge in [-0.2, -0.15) is 0 Å². The average molecular weight is 222 g/mol. The highest BCUT2D eigenvalue weighted by molar-refractivity contribution is 5.09. The molecule has 1 heterocycles. The second kappa shape index (κ2) is 5.33. The Labute approximate surface area is 100 Å². The Morgan fingerprint density at radius 1 is 1.25 bits per heavy atom. The molecule has 2 nitrogen and oxygen atoms in total. The number of likely N-dealkylation sites (N-methyl/N-ethyl adjacent to an activating group) is 1. The normalized spacial score (nSPS) is 31.2. The van der Waals surface area contributed by atoms with Crippen LogP contribution in [0.3, 0.4) is 0 Å². The highest BCUT2D eigenvalue weighted by Crippen LogP contribution is 2.30. The molecule has 16 heavy (non-hydrogen) atoms. The van der Waals surface area contributed by atoms with E-state index in [1.807, 2.05) is 0 Å². The van der Waals surface area contributed by atoms with E-state index in [9.17, 15) is 0 Å². The molecule has 2 atom stereocenters. The number of piperazine rings is 1. The van der Waals surface area contributed by atoms with Gasteiger partial charge in [0.1, 0.15) is 0 Å². The van der Waals surface area contributed by atoms with Gasteiger partial charge in [0.15, 0.2) is 0 Å². The first-order valence-corrected chi connectivity index (χ1v) is 6.77. The largest absolute Gasteiger partial charge is 0.304 e. The molecular weight excluding hydrogens is 196 g/mol. The van der Waals surface area contributed by atoms with E-state index >= 15 is 0 Å². The van der Waals surface area contributed by atoms with E-state index in [0.717, 1.165) is 12.0 Å². The van der Waals surface area contributed by atoms with Crippen molar-refractivity contribution >= 4 is 0 Å². The standard InChI is InChI=1S/C14H26N2/c1-12-6-4-5-7-14(12)13(2)16-10-8-15(3)9-11-16/h6,13-14H,4-5,7-11H2,1-3H3. The summed E-state index contributed by atoms with van der Waals surface area (Å²) < 4.78 is 0. The van der Waals surface area contributed by atoms with E-state index in [0.29, 0.717) is 0 Å². The van der Waals surface area contributed by atoms with E-state index in [-0.39, 0.29) is 0 Å². The maximum Gasteiger partial charge on any atom is 0.0133 e. The Hall–Kier alpha value is -0.340. The van der Waals surface area contributed by atoms with Gasteiger partial charge in [0.25, 0.3) is 0 Å². The highest BCUT2D eigenvalue weighted by atomic mass is 15.3. The lowest BCUT2D eigenvalue weighted by molar-refractivity contribution is 0.0934. The Bertz CT molecular complexity index is 251. The van der Waals surface area contributed by atoms with Gasteiger partial charge in [-0.1, -0.05) is 11.6 Å². The summed E-state index contributed by atoms with van der Waals surface area (Å²) in [6, 6.07) is 0.741. The van der Waals surface area contributed by atoms with Crippen LogP contribution in [0.4, 0.5) is 0 Å². The van der Waals surface area contributed by atoms with Crippen molar-refractivity contribution in [3.8, 4) is 0 Å². The zero-order valence-electron chi connectivity index (χ0n) is 11.1. The van der Waals surface area contributed by atoms with Crippen molar-refractivity contribution in [2.75, 3.05) is 33.2 Å². The molecule has 0 N–H and O–H groups in total. The molecule has 1 aliphatic heterocycles. The van der Waals surface area contributed by atoms with Crippen molar-refractivity contribution in [2.45, 2.75) is 39.2 Å². The van der Waals surface area contributed by atoms with E-state index in [1.165, 1.54) is 45.4 Å². The van der Waals surface area contributed by atoms with Crippen LogP contribution in [0, 0.1) is 5.92 Å². The van der Waals surface area contributed by atoms with Crippen LogP contribution in [-0.2, 0) is 0 Å². The van der Waals surface area contributed by atoms with Crippen molar-refractivity contribution < 1.29 is 0 Å². The molecule has 1 saturated heterocycles. The Balaban J connectivity index is 1.93. The van der Waals surface area contributed by atoms with Crippen molar-refractivity contribution in [2.24, 2.45) is 5.92 Å². The maximum atomic E-state index is 2.69. The van der Waals surface area contributed by atoms with Crippen molar-refractivity contribution in [1.29, 1.82) is 0 Å². The van der Waals surface area contributed by atoms with Crippen molar-refractivity contribution in [1.82, 2.24) is 9.80 Å². The van der Waals surface area contributed by atoms with Crippen LogP contribution in [0.2, 0.25) is 0 Å². The number of hydrogen-bond donors (Lipinski definition) is 0. The second-order valence-electron chi connectivity index (χ2n) is 5.57. The van der Waals surface area contributed by atoms with Gasteiger partial charge in [0.2, 0.25) is 0 Å². The number of rotatable bonds is 2. The molecule has 0 radical (unpaired) electrons. The minimum atomic E-state index is 0.741. The first-order chi connectivity index (χ1) is 7.68. The van der Waals surface area contributed by atoms with E-state index in [4.69, 9.17) is 0 Å². The second-order valence-corrected chi connectivity index (χ2v) is 5.57. The van der Waals surface area contributed by atoms with Gasteiger partial charge in [-0.3, -0.25) is 4.90 Å². The van der Waals surface area contributed by atoms with Gasteiger partial charge in [0.05, 0.1) is 0 Å². The van der Waals surface area contributed by atoms with Gasteiger partial charge in [-0.15, -0.1) is 0 Å². The van der Waals surface area contributed by atoms with E-state index < -0.39 is 0 Å². The van der Waals surface area contributed by atoms with Gasteiger partial charge in [-0.25, -0.2) is 0 Å². The summed E-state index contributed by atoms with van der Waals surface area (Å²) in [4.78, 5) is 5.13. The van der Waals surface area contributed by atoms with Gasteiger partial charge in [-0.05, 0) is 46.1 Å². The van der Waals surface area contributed by atoms with E-state index in [1.54, 1.807) is 5.57 Å². The SMILES string of the molecule is CC1=CCCCC1C(C)N1CCN(C)CC1. The van der Waals surface area contributed by atoms with Crippen LogP contribution in [0.25, 0.3) is 0 Å². The van der Waals surface area contributed by atoms with Crippen LogP contribution in [-0.4, -0.2) is 49.1 Å². The lowest BCUT2D eigenvalue weighted by atomic mass is 9.83. The fraction of sp³-hybridized carbons (Fsp3) is 0.857. The predicted molar refractivity (Wildman–Crippen MR) is 69.6 cm³/mol. The summed E-state index contributed by atoms with van der Waals surface area (Å²) in [7, 11) is 2.23. The fourth-order valence-electron chi connectivity index (χ4n) is 3.15. The molecule has 0 amide bonds.